The molecule has 172 valence electrons. The normalized spacial score (nSPS) is 14.8. The third-order valence-corrected chi connectivity index (χ3v) is 5.63. The molecule has 3 N–H and O–H groups in total. The van der Waals surface area contributed by atoms with Crippen molar-refractivity contribution in [1.29, 1.82) is 0 Å². The van der Waals surface area contributed by atoms with E-state index in [0.29, 0.717) is 42.3 Å². The summed E-state index contributed by atoms with van der Waals surface area (Å²) in [6, 6.07) is 4.84. The Balaban J connectivity index is 1.69. The Morgan fingerprint density at radius 1 is 1.28 bits per heavy atom. The summed E-state index contributed by atoms with van der Waals surface area (Å²) in [5, 5.41) is 3.43. The number of anilines is 2. The van der Waals surface area contributed by atoms with E-state index >= 15 is 0 Å². The number of hydrogen-bond acceptors (Lipinski definition) is 7. The van der Waals surface area contributed by atoms with E-state index in [2.05, 4.69) is 15.3 Å². The van der Waals surface area contributed by atoms with Crippen molar-refractivity contribution in [2.75, 3.05) is 24.7 Å². The van der Waals surface area contributed by atoms with Gasteiger partial charge in [0.2, 0.25) is 0 Å². The second-order valence-electron chi connectivity index (χ2n) is 8.59. The van der Waals surface area contributed by atoms with E-state index in [1.54, 1.807) is 17.0 Å². The minimum atomic E-state index is -0.672. The predicted octanol–water partition coefficient (Wildman–Crippen LogP) is 4.29. The maximum absolute atomic E-state index is 14.9. The highest BCUT2D eigenvalue weighted by molar-refractivity contribution is 7.98. The molecule has 0 aliphatic carbocycles. The molecule has 2 heterocycles. The number of ether oxygens (including phenoxy) is 1. The van der Waals surface area contributed by atoms with Gasteiger partial charge in [-0.05, 0) is 63.5 Å². The fraction of sp³-hybridized carbons (Fsp3) is 0.455. The molecule has 1 aromatic carbocycles. The molecule has 1 aliphatic heterocycles. The third kappa shape index (κ3) is 5.87. The fourth-order valence-corrected chi connectivity index (χ4v) is 3.85. The number of thioether (sulfide) groups is 1. The molecule has 2 amide bonds. The number of primary amides is 1. The Bertz CT molecular complexity index is 1000. The van der Waals surface area contributed by atoms with Gasteiger partial charge in [-0.2, -0.15) is 0 Å². The van der Waals surface area contributed by atoms with Crippen LogP contribution < -0.4 is 11.1 Å². The third-order valence-electron chi connectivity index (χ3n) is 5.06. The fourth-order valence-electron chi connectivity index (χ4n) is 3.51. The van der Waals surface area contributed by atoms with Crippen LogP contribution in [0.15, 0.2) is 29.6 Å². The van der Waals surface area contributed by atoms with Crippen molar-refractivity contribution in [3.05, 3.63) is 41.3 Å². The van der Waals surface area contributed by atoms with Gasteiger partial charge in [0.15, 0.2) is 5.16 Å². The molecule has 0 radical (unpaired) electrons. The number of carbonyl (C=O) groups excluding carboxylic acids is 2. The average Bonchev–Trinajstić information content (AvgIpc) is 2.72. The zero-order valence-electron chi connectivity index (χ0n) is 18.6. The van der Waals surface area contributed by atoms with E-state index in [-0.39, 0.29) is 29.2 Å². The van der Waals surface area contributed by atoms with Crippen LogP contribution in [0.5, 0.6) is 0 Å². The first-order valence-electron chi connectivity index (χ1n) is 10.3. The van der Waals surface area contributed by atoms with Crippen molar-refractivity contribution in [2.45, 2.75) is 50.3 Å². The molecule has 32 heavy (non-hydrogen) atoms. The van der Waals surface area contributed by atoms with Crippen LogP contribution in [-0.4, -0.2) is 51.8 Å². The van der Waals surface area contributed by atoms with Crippen molar-refractivity contribution in [3.63, 3.8) is 0 Å². The van der Waals surface area contributed by atoms with Crippen LogP contribution in [0, 0.1) is 5.82 Å². The molecule has 0 bridgehead atoms. The first kappa shape index (κ1) is 23.8. The van der Waals surface area contributed by atoms with Gasteiger partial charge in [0.25, 0.3) is 5.91 Å². The summed E-state index contributed by atoms with van der Waals surface area (Å²) in [5.74, 6) is -0.791. The van der Waals surface area contributed by atoms with Crippen LogP contribution in [0.3, 0.4) is 0 Å². The largest absolute Gasteiger partial charge is 0.444 e. The Hall–Kier alpha value is -2.88. The SMILES string of the molecule is CSc1ncc(C(N)=O)c(Nc2ccc(C3CCN(C(=O)OC(C)(C)C)CC3)c(F)c2)n1. The maximum Gasteiger partial charge on any atom is 0.410 e. The van der Waals surface area contributed by atoms with Gasteiger partial charge in [0, 0.05) is 25.0 Å². The molecule has 1 fully saturated rings. The number of piperidine rings is 1. The highest BCUT2D eigenvalue weighted by Gasteiger charge is 2.28. The van der Waals surface area contributed by atoms with Crippen molar-refractivity contribution in [2.24, 2.45) is 5.73 Å². The molecule has 1 saturated heterocycles. The van der Waals surface area contributed by atoms with Gasteiger partial charge in [0.1, 0.15) is 22.8 Å². The highest BCUT2D eigenvalue weighted by Crippen LogP contribution is 2.32. The zero-order valence-corrected chi connectivity index (χ0v) is 19.5. The van der Waals surface area contributed by atoms with E-state index in [1.165, 1.54) is 24.0 Å². The quantitative estimate of drug-likeness (QED) is 0.505. The summed E-state index contributed by atoms with van der Waals surface area (Å²) in [6.45, 7) is 6.52. The van der Waals surface area contributed by atoms with Gasteiger partial charge in [-0.1, -0.05) is 17.8 Å². The lowest BCUT2D eigenvalue weighted by molar-refractivity contribution is 0.0204. The summed E-state index contributed by atoms with van der Waals surface area (Å²) in [6.07, 6.45) is 4.13. The van der Waals surface area contributed by atoms with Crippen LogP contribution in [0.1, 0.15) is 55.5 Å². The van der Waals surface area contributed by atoms with Crippen LogP contribution >= 0.6 is 11.8 Å². The van der Waals surface area contributed by atoms with E-state index in [9.17, 15) is 14.0 Å². The molecule has 0 saturated carbocycles. The number of benzene rings is 1. The zero-order chi connectivity index (χ0) is 23.5. The van der Waals surface area contributed by atoms with Crippen LogP contribution in [0.2, 0.25) is 0 Å². The number of nitrogens with two attached hydrogens (primary N) is 1. The molecule has 2 aromatic rings. The number of halogens is 1. The van der Waals surface area contributed by atoms with Gasteiger partial charge in [0.05, 0.1) is 0 Å². The van der Waals surface area contributed by atoms with E-state index in [4.69, 9.17) is 10.5 Å². The summed E-state index contributed by atoms with van der Waals surface area (Å²) < 4.78 is 20.4. The smallest absolute Gasteiger partial charge is 0.410 e. The van der Waals surface area contributed by atoms with Gasteiger partial charge in [-0.25, -0.2) is 19.2 Å². The van der Waals surface area contributed by atoms with Crippen molar-refractivity contribution < 1.29 is 18.7 Å². The topological polar surface area (TPSA) is 110 Å². The van der Waals surface area contributed by atoms with Crippen LogP contribution in [0.25, 0.3) is 0 Å². The van der Waals surface area contributed by atoms with Gasteiger partial charge < -0.3 is 20.7 Å². The monoisotopic (exact) mass is 461 g/mol. The number of amides is 2. The highest BCUT2D eigenvalue weighted by atomic mass is 32.2. The average molecular weight is 462 g/mol. The van der Waals surface area contributed by atoms with Gasteiger partial charge in [-0.15, -0.1) is 0 Å². The molecule has 8 nitrogen and oxygen atoms in total. The van der Waals surface area contributed by atoms with Gasteiger partial charge in [-0.3, -0.25) is 4.79 Å². The van der Waals surface area contributed by atoms with E-state index < -0.39 is 11.5 Å². The Labute approximate surface area is 191 Å². The first-order valence-corrected chi connectivity index (χ1v) is 11.5. The maximum atomic E-state index is 14.9. The summed E-state index contributed by atoms with van der Waals surface area (Å²) in [4.78, 5) is 33.9. The molecular weight excluding hydrogens is 433 g/mol. The standard InChI is InChI=1S/C22H28FN5O3S/c1-22(2,3)31-21(30)28-9-7-13(8-10-28)15-6-5-14(11-17(15)23)26-19-16(18(24)29)12-25-20(27-19)32-4/h5-6,11-13H,7-10H2,1-4H3,(H2,24,29)(H,25,26,27). The number of aromatic nitrogens is 2. The number of carbonyl (C=O) groups is 2. The van der Waals surface area contributed by atoms with Gasteiger partial charge >= 0.3 is 6.09 Å². The number of hydrogen-bond donors (Lipinski definition) is 2. The Morgan fingerprint density at radius 2 is 1.97 bits per heavy atom. The number of nitrogens with one attached hydrogen (secondary N) is 1. The first-order chi connectivity index (χ1) is 15.1. The lowest BCUT2D eigenvalue weighted by Gasteiger charge is -2.33. The molecule has 10 heteroatoms. The molecule has 0 unspecified atom stereocenters. The van der Waals surface area contributed by atoms with Crippen LogP contribution in [0.4, 0.5) is 20.7 Å². The minimum absolute atomic E-state index is 0.00561. The molecule has 0 spiro atoms. The molecule has 1 aliphatic rings. The number of nitrogens with zero attached hydrogens (tertiary/aromatic N) is 3. The molecular formula is C22H28FN5O3S. The molecule has 0 atom stereocenters. The second kappa shape index (κ2) is 9.72. The summed E-state index contributed by atoms with van der Waals surface area (Å²) in [7, 11) is 0. The van der Waals surface area contributed by atoms with Crippen molar-refractivity contribution in [3.8, 4) is 0 Å². The lowest BCUT2D eigenvalue weighted by Crippen LogP contribution is -2.41. The lowest BCUT2D eigenvalue weighted by atomic mass is 9.89. The predicted molar refractivity (Wildman–Crippen MR) is 122 cm³/mol. The summed E-state index contributed by atoms with van der Waals surface area (Å²) in [5.41, 5.74) is 6.03. The molecule has 3 rings (SSSR count). The van der Waals surface area contributed by atoms with Crippen LogP contribution in [-0.2, 0) is 4.74 Å². The van der Waals surface area contributed by atoms with E-state index in [1.807, 2.05) is 27.0 Å². The van der Waals surface area contributed by atoms with Crippen molar-refractivity contribution >= 4 is 35.3 Å². The molecule has 1 aromatic heterocycles. The summed E-state index contributed by atoms with van der Waals surface area (Å²) >= 11 is 1.32. The van der Waals surface area contributed by atoms with E-state index in [0.717, 1.165) is 0 Å². The van der Waals surface area contributed by atoms with Crippen molar-refractivity contribution in [1.82, 2.24) is 14.9 Å². The number of likely N-dealkylation sites (tertiary alicyclic amines) is 1. The minimum Gasteiger partial charge on any atom is -0.444 e. The second-order valence-corrected chi connectivity index (χ2v) is 9.36. The Kier molecular flexibility index (Phi) is 7.22. The number of rotatable bonds is 5. The Morgan fingerprint density at radius 3 is 2.53 bits per heavy atom.